The van der Waals surface area contributed by atoms with Crippen LogP contribution in [0.4, 0.5) is 0 Å². The van der Waals surface area contributed by atoms with Crippen molar-refractivity contribution in [3.63, 3.8) is 0 Å². The van der Waals surface area contributed by atoms with Crippen molar-refractivity contribution in [2.75, 3.05) is 20.6 Å². The van der Waals surface area contributed by atoms with Crippen molar-refractivity contribution in [2.45, 2.75) is 44.2 Å². The highest BCUT2D eigenvalue weighted by atomic mass is 15.2. The molecule has 0 unspecified atom stereocenters. The zero-order chi connectivity index (χ0) is 12.1. The van der Waals surface area contributed by atoms with Crippen LogP contribution in [0.2, 0.25) is 0 Å². The third-order valence-electron chi connectivity index (χ3n) is 4.06. The quantitative estimate of drug-likeness (QED) is 0.819. The summed E-state index contributed by atoms with van der Waals surface area (Å²) in [6.07, 6.45) is 10.4. The lowest BCUT2D eigenvalue weighted by Gasteiger charge is -2.43. The maximum absolute atomic E-state index is 4.03. The maximum atomic E-state index is 4.03. The first-order valence-corrected chi connectivity index (χ1v) is 6.58. The molecule has 1 aromatic rings. The van der Waals surface area contributed by atoms with Gasteiger partial charge in [-0.3, -0.25) is 0 Å². The van der Waals surface area contributed by atoms with Gasteiger partial charge in [0.25, 0.3) is 0 Å². The molecule has 2 N–H and O–H groups in total. The number of hydrogen-bond acceptors (Lipinski definition) is 3. The molecule has 0 amide bonds. The van der Waals surface area contributed by atoms with E-state index >= 15 is 0 Å². The fourth-order valence-corrected chi connectivity index (χ4v) is 2.80. The molecule has 17 heavy (non-hydrogen) atoms. The van der Waals surface area contributed by atoms with E-state index in [0.29, 0.717) is 5.54 Å². The van der Waals surface area contributed by atoms with Crippen LogP contribution < -0.4 is 5.32 Å². The topological polar surface area (TPSA) is 44.0 Å². The summed E-state index contributed by atoms with van der Waals surface area (Å²) in [6.45, 7) is 1.95. The van der Waals surface area contributed by atoms with Gasteiger partial charge in [0, 0.05) is 30.5 Å². The minimum atomic E-state index is 0.359. The highest BCUT2D eigenvalue weighted by Gasteiger charge is 2.33. The Morgan fingerprint density at radius 3 is 2.71 bits per heavy atom. The average molecular weight is 236 g/mol. The second-order valence-electron chi connectivity index (χ2n) is 5.36. The molecule has 0 aromatic carbocycles. The van der Waals surface area contributed by atoms with Gasteiger partial charge in [0.05, 0.1) is 6.33 Å². The second kappa shape index (κ2) is 5.65. The van der Waals surface area contributed by atoms with E-state index < -0.39 is 0 Å². The number of nitrogens with one attached hydrogen (secondary N) is 2. The highest BCUT2D eigenvalue weighted by molar-refractivity contribution is 4.96. The van der Waals surface area contributed by atoms with Crippen molar-refractivity contribution in [3.05, 3.63) is 18.2 Å². The Balaban J connectivity index is 1.85. The summed E-state index contributed by atoms with van der Waals surface area (Å²) < 4.78 is 0. The Morgan fingerprint density at radius 1 is 1.35 bits per heavy atom. The number of H-pyrrole nitrogens is 1. The summed E-state index contributed by atoms with van der Waals surface area (Å²) in [7, 11) is 4.42. The van der Waals surface area contributed by atoms with Gasteiger partial charge in [0.1, 0.15) is 0 Å². The molecule has 1 heterocycles. The van der Waals surface area contributed by atoms with Gasteiger partial charge >= 0.3 is 0 Å². The van der Waals surface area contributed by atoms with Gasteiger partial charge in [0.15, 0.2) is 0 Å². The first-order chi connectivity index (χ1) is 8.23. The maximum Gasteiger partial charge on any atom is 0.0922 e. The largest absolute Gasteiger partial charge is 0.347 e. The van der Waals surface area contributed by atoms with Crippen molar-refractivity contribution in [1.29, 1.82) is 0 Å². The van der Waals surface area contributed by atoms with E-state index in [9.17, 15) is 0 Å². The molecule has 0 saturated heterocycles. The van der Waals surface area contributed by atoms with E-state index in [2.05, 4.69) is 34.3 Å². The lowest BCUT2D eigenvalue weighted by molar-refractivity contribution is 0.0983. The van der Waals surface area contributed by atoms with Crippen LogP contribution in [0.15, 0.2) is 12.5 Å². The third-order valence-corrected chi connectivity index (χ3v) is 4.06. The summed E-state index contributed by atoms with van der Waals surface area (Å²) in [5, 5.41) is 3.57. The van der Waals surface area contributed by atoms with Gasteiger partial charge in [-0.25, -0.2) is 4.98 Å². The monoisotopic (exact) mass is 236 g/mol. The van der Waals surface area contributed by atoms with Crippen LogP contribution in [0, 0.1) is 0 Å². The lowest BCUT2D eigenvalue weighted by atomic mass is 9.80. The van der Waals surface area contributed by atoms with E-state index in [0.717, 1.165) is 18.8 Å². The van der Waals surface area contributed by atoms with Crippen LogP contribution in [0.25, 0.3) is 0 Å². The number of nitrogens with zero attached hydrogens (tertiary/aromatic N) is 2. The molecule has 0 spiro atoms. The van der Waals surface area contributed by atoms with Crippen molar-refractivity contribution >= 4 is 0 Å². The first kappa shape index (κ1) is 12.6. The Morgan fingerprint density at radius 2 is 2.12 bits per heavy atom. The number of aromatic amines is 1. The highest BCUT2D eigenvalue weighted by Crippen LogP contribution is 2.31. The summed E-state index contributed by atoms with van der Waals surface area (Å²) in [5.74, 6) is 0. The van der Waals surface area contributed by atoms with Gasteiger partial charge < -0.3 is 15.2 Å². The molecular weight excluding hydrogens is 212 g/mol. The number of aromatic nitrogens is 2. The Bertz CT molecular complexity index is 312. The van der Waals surface area contributed by atoms with Crippen molar-refractivity contribution in [2.24, 2.45) is 0 Å². The van der Waals surface area contributed by atoms with E-state index in [1.54, 1.807) is 6.33 Å². The van der Waals surface area contributed by atoms with E-state index in [1.165, 1.54) is 32.1 Å². The van der Waals surface area contributed by atoms with E-state index in [-0.39, 0.29) is 0 Å². The number of imidazole rings is 1. The molecule has 2 rings (SSSR count). The molecule has 4 heteroatoms. The van der Waals surface area contributed by atoms with Crippen LogP contribution in [-0.4, -0.2) is 41.0 Å². The Hall–Kier alpha value is -0.870. The normalized spacial score (nSPS) is 19.7. The molecular formula is C13H24N4. The molecule has 1 saturated carbocycles. The predicted molar refractivity (Wildman–Crippen MR) is 69.8 cm³/mol. The minimum Gasteiger partial charge on any atom is -0.347 e. The molecule has 0 radical (unpaired) electrons. The molecule has 4 nitrogen and oxygen atoms in total. The second-order valence-corrected chi connectivity index (χ2v) is 5.36. The Labute approximate surface area is 104 Å². The minimum absolute atomic E-state index is 0.359. The fourth-order valence-electron chi connectivity index (χ4n) is 2.80. The van der Waals surface area contributed by atoms with Crippen LogP contribution in [0.1, 0.15) is 37.8 Å². The predicted octanol–water partition coefficient (Wildman–Crippen LogP) is 1.76. The van der Waals surface area contributed by atoms with Gasteiger partial charge in [0.2, 0.25) is 0 Å². The van der Waals surface area contributed by atoms with Crippen molar-refractivity contribution in [3.8, 4) is 0 Å². The number of likely N-dealkylation sites (N-methyl/N-ethyl adjacent to an activating group) is 1. The molecule has 1 aliphatic carbocycles. The van der Waals surface area contributed by atoms with Gasteiger partial charge in [-0.2, -0.15) is 0 Å². The van der Waals surface area contributed by atoms with Crippen LogP contribution in [-0.2, 0) is 6.54 Å². The summed E-state index contributed by atoms with van der Waals surface area (Å²) >= 11 is 0. The first-order valence-electron chi connectivity index (χ1n) is 6.58. The molecule has 1 fully saturated rings. The molecule has 0 atom stereocenters. The van der Waals surface area contributed by atoms with Crippen LogP contribution in [0.5, 0.6) is 0 Å². The zero-order valence-electron chi connectivity index (χ0n) is 11.0. The summed E-state index contributed by atoms with van der Waals surface area (Å²) in [4.78, 5) is 9.57. The van der Waals surface area contributed by atoms with Gasteiger partial charge in [-0.15, -0.1) is 0 Å². The summed E-state index contributed by atoms with van der Waals surface area (Å²) in [5.41, 5.74) is 1.52. The van der Waals surface area contributed by atoms with Crippen LogP contribution in [0.3, 0.4) is 0 Å². The molecule has 1 aromatic heterocycles. The number of hydrogen-bond donors (Lipinski definition) is 2. The molecule has 1 aliphatic rings. The molecule has 0 aliphatic heterocycles. The fraction of sp³-hybridized carbons (Fsp3) is 0.769. The van der Waals surface area contributed by atoms with E-state index in [1.807, 2.05) is 6.20 Å². The average Bonchev–Trinajstić information content (AvgIpc) is 2.83. The molecule has 96 valence electrons. The van der Waals surface area contributed by atoms with Crippen LogP contribution >= 0.6 is 0 Å². The zero-order valence-corrected chi connectivity index (χ0v) is 11.0. The third kappa shape index (κ3) is 3.07. The molecule has 0 bridgehead atoms. The van der Waals surface area contributed by atoms with Crippen molar-refractivity contribution in [1.82, 2.24) is 20.2 Å². The smallest absolute Gasteiger partial charge is 0.0922 e. The standard InChI is InChI=1S/C13H24N4/c1-17(2)13(6-4-3-5-7-13)10-14-8-12-9-15-11-16-12/h9,11,14H,3-8,10H2,1-2H3,(H,15,16). The number of rotatable bonds is 5. The van der Waals surface area contributed by atoms with Gasteiger partial charge in [-0.05, 0) is 26.9 Å². The SMILES string of the molecule is CN(C)C1(CNCc2cnc[nH]2)CCCCC1. The summed E-state index contributed by atoms with van der Waals surface area (Å²) in [6, 6.07) is 0. The Kier molecular flexibility index (Phi) is 4.18. The lowest BCUT2D eigenvalue weighted by Crippen LogP contribution is -2.52. The van der Waals surface area contributed by atoms with Crippen molar-refractivity contribution < 1.29 is 0 Å². The van der Waals surface area contributed by atoms with E-state index in [4.69, 9.17) is 0 Å². The van der Waals surface area contributed by atoms with Gasteiger partial charge in [-0.1, -0.05) is 19.3 Å².